The average molecular weight is 267 g/mol. The van der Waals surface area contributed by atoms with Gasteiger partial charge in [0.2, 0.25) is 0 Å². The van der Waals surface area contributed by atoms with Crippen molar-refractivity contribution in [2.75, 3.05) is 11.9 Å². The quantitative estimate of drug-likeness (QED) is 0.877. The number of pyridine rings is 1. The molecule has 1 aliphatic rings. The van der Waals surface area contributed by atoms with Gasteiger partial charge in [0.25, 0.3) is 5.91 Å². The molecule has 1 amide bonds. The molecule has 102 valence electrons. The summed E-state index contributed by atoms with van der Waals surface area (Å²) in [5.74, 6) is -0.0723. The largest absolute Gasteiger partial charge is 0.322 e. The van der Waals surface area contributed by atoms with Gasteiger partial charge in [0.15, 0.2) is 0 Å². The number of fused-ring (bicyclic) bond motifs is 1. The van der Waals surface area contributed by atoms with Gasteiger partial charge in [0, 0.05) is 29.7 Å². The molecule has 4 heteroatoms. The van der Waals surface area contributed by atoms with E-state index in [2.05, 4.69) is 15.6 Å². The predicted molar refractivity (Wildman–Crippen MR) is 78.8 cm³/mol. The van der Waals surface area contributed by atoms with Crippen molar-refractivity contribution in [2.24, 2.45) is 0 Å². The molecule has 0 saturated heterocycles. The van der Waals surface area contributed by atoms with Gasteiger partial charge < -0.3 is 10.6 Å². The van der Waals surface area contributed by atoms with E-state index < -0.39 is 0 Å². The van der Waals surface area contributed by atoms with Crippen molar-refractivity contribution in [1.29, 1.82) is 0 Å². The third-order valence-electron chi connectivity index (χ3n) is 3.51. The van der Waals surface area contributed by atoms with Crippen LogP contribution in [0.5, 0.6) is 0 Å². The number of hydrogen-bond acceptors (Lipinski definition) is 3. The van der Waals surface area contributed by atoms with Crippen molar-refractivity contribution in [1.82, 2.24) is 10.3 Å². The van der Waals surface area contributed by atoms with Gasteiger partial charge in [-0.3, -0.25) is 9.78 Å². The number of benzene rings is 1. The number of aromatic nitrogens is 1. The molecule has 0 bridgehead atoms. The highest BCUT2D eigenvalue weighted by Gasteiger charge is 2.12. The molecule has 1 aromatic carbocycles. The van der Waals surface area contributed by atoms with Gasteiger partial charge in [0.1, 0.15) is 0 Å². The van der Waals surface area contributed by atoms with Gasteiger partial charge in [-0.25, -0.2) is 0 Å². The molecule has 0 fully saturated rings. The fourth-order valence-corrected chi connectivity index (χ4v) is 2.45. The number of nitrogens with one attached hydrogen (secondary N) is 2. The van der Waals surface area contributed by atoms with Crippen LogP contribution in [0.3, 0.4) is 0 Å². The fourth-order valence-electron chi connectivity index (χ4n) is 2.45. The van der Waals surface area contributed by atoms with Gasteiger partial charge in [-0.05, 0) is 55.3 Å². The highest BCUT2D eigenvalue weighted by Crippen LogP contribution is 2.17. The Hall–Kier alpha value is -2.20. The van der Waals surface area contributed by atoms with Crippen LogP contribution in [0.15, 0.2) is 36.5 Å². The van der Waals surface area contributed by atoms with Gasteiger partial charge in [-0.1, -0.05) is 6.07 Å². The monoisotopic (exact) mass is 267 g/mol. The molecule has 1 aliphatic heterocycles. The minimum Gasteiger partial charge on any atom is -0.322 e. The molecule has 2 heterocycles. The van der Waals surface area contributed by atoms with E-state index in [0.717, 1.165) is 30.9 Å². The van der Waals surface area contributed by atoms with Crippen LogP contribution in [-0.2, 0) is 13.0 Å². The second kappa shape index (κ2) is 5.43. The van der Waals surface area contributed by atoms with Crippen molar-refractivity contribution in [3.05, 3.63) is 58.9 Å². The summed E-state index contributed by atoms with van der Waals surface area (Å²) >= 11 is 0. The number of rotatable bonds is 2. The van der Waals surface area contributed by atoms with Crippen molar-refractivity contribution >= 4 is 11.6 Å². The summed E-state index contributed by atoms with van der Waals surface area (Å²) in [6.07, 6.45) is 2.67. The first kappa shape index (κ1) is 12.8. The lowest BCUT2D eigenvalue weighted by atomic mass is 9.98. The van der Waals surface area contributed by atoms with Crippen LogP contribution < -0.4 is 10.6 Å². The lowest BCUT2D eigenvalue weighted by molar-refractivity contribution is 0.102. The highest BCUT2D eigenvalue weighted by molar-refractivity contribution is 6.04. The first-order chi connectivity index (χ1) is 9.72. The maximum Gasteiger partial charge on any atom is 0.255 e. The Kier molecular flexibility index (Phi) is 3.48. The van der Waals surface area contributed by atoms with Gasteiger partial charge in [-0.2, -0.15) is 0 Å². The number of carbonyl (C=O) groups excluding carboxylic acids is 1. The number of carbonyl (C=O) groups is 1. The lowest BCUT2D eigenvalue weighted by Gasteiger charge is -2.17. The summed E-state index contributed by atoms with van der Waals surface area (Å²) in [6, 6.07) is 9.58. The Bertz CT molecular complexity index is 652. The molecule has 1 aromatic heterocycles. The zero-order chi connectivity index (χ0) is 13.9. The van der Waals surface area contributed by atoms with E-state index in [1.54, 1.807) is 12.3 Å². The minimum atomic E-state index is -0.0723. The summed E-state index contributed by atoms with van der Waals surface area (Å²) in [7, 11) is 0. The molecule has 2 aromatic rings. The number of anilines is 1. The van der Waals surface area contributed by atoms with Crippen LogP contribution in [0.1, 0.15) is 27.2 Å². The van der Waals surface area contributed by atoms with Gasteiger partial charge in [-0.15, -0.1) is 0 Å². The summed E-state index contributed by atoms with van der Waals surface area (Å²) in [5, 5.41) is 6.24. The van der Waals surface area contributed by atoms with E-state index in [4.69, 9.17) is 0 Å². The van der Waals surface area contributed by atoms with E-state index >= 15 is 0 Å². The SMILES string of the molecule is Cc1cc(NC(=O)c2ccc3c(c2)CCNC3)ccn1. The molecular weight excluding hydrogens is 250 g/mol. The second-order valence-corrected chi connectivity index (χ2v) is 5.05. The third kappa shape index (κ3) is 2.70. The summed E-state index contributed by atoms with van der Waals surface area (Å²) in [5.41, 5.74) is 4.93. The normalized spacial score (nSPS) is 13.7. The molecule has 0 unspecified atom stereocenters. The van der Waals surface area contributed by atoms with Crippen LogP contribution in [0.2, 0.25) is 0 Å². The Labute approximate surface area is 118 Å². The highest BCUT2D eigenvalue weighted by atomic mass is 16.1. The van der Waals surface area contributed by atoms with Gasteiger partial charge in [0.05, 0.1) is 0 Å². The number of amides is 1. The van der Waals surface area contributed by atoms with E-state index in [9.17, 15) is 4.79 Å². The molecule has 0 spiro atoms. The van der Waals surface area contributed by atoms with E-state index in [0.29, 0.717) is 5.56 Å². The standard InChI is InChI=1S/C16H17N3O/c1-11-8-15(5-7-18-11)19-16(20)13-2-3-14-10-17-6-4-12(14)9-13/h2-3,5,7-9,17H,4,6,10H2,1H3,(H,18,19,20). The molecular formula is C16H17N3O. The molecule has 4 nitrogen and oxygen atoms in total. The van der Waals surface area contributed by atoms with Crippen molar-refractivity contribution in [2.45, 2.75) is 19.9 Å². The molecule has 0 atom stereocenters. The van der Waals surface area contributed by atoms with E-state index in [1.165, 1.54) is 11.1 Å². The zero-order valence-corrected chi connectivity index (χ0v) is 11.4. The molecule has 0 aliphatic carbocycles. The first-order valence-electron chi connectivity index (χ1n) is 6.79. The summed E-state index contributed by atoms with van der Waals surface area (Å²) in [4.78, 5) is 16.4. The number of hydrogen-bond donors (Lipinski definition) is 2. The van der Waals surface area contributed by atoms with Crippen molar-refractivity contribution in [3.8, 4) is 0 Å². The van der Waals surface area contributed by atoms with Crippen LogP contribution in [0, 0.1) is 6.92 Å². The molecule has 0 radical (unpaired) electrons. The summed E-state index contributed by atoms with van der Waals surface area (Å²) in [6.45, 7) is 3.77. The van der Waals surface area contributed by atoms with Gasteiger partial charge >= 0.3 is 0 Å². The van der Waals surface area contributed by atoms with E-state index in [1.807, 2.05) is 31.2 Å². The average Bonchev–Trinajstić information content (AvgIpc) is 2.47. The zero-order valence-electron chi connectivity index (χ0n) is 11.4. The molecule has 3 rings (SSSR count). The number of aryl methyl sites for hydroxylation is 1. The Morgan fingerprint density at radius 3 is 3.00 bits per heavy atom. The smallest absolute Gasteiger partial charge is 0.255 e. The Balaban J connectivity index is 1.80. The van der Waals surface area contributed by atoms with Crippen LogP contribution in [-0.4, -0.2) is 17.4 Å². The first-order valence-corrected chi connectivity index (χ1v) is 6.79. The second-order valence-electron chi connectivity index (χ2n) is 5.05. The van der Waals surface area contributed by atoms with Crippen molar-refractivity contribution < 1.29 is 4.79 Å². The number of nitrogens with zero attached hydrogens (tertiary/aromatic N) is 1. The summed E-state index contributed by atoms with van der Waals surface area (Å²) < 4.78 is 0. The lowest BCUT2D eigenvalue weighted by Crippen LogP contribution is -2.24. The Morgan fingerprint density at radius 2 is 2.15 bits per heavy atom. The third-order valence-corrected chi connectivity index (χ3v) is 3.51. The van der Waals surface area contributed by atoms with Crippen LogP contribution in [0.4, 0.5) is 5.69 Å². The molecule has 20 heavy (non-hydrogen) atoms. The maximum absolute atomic E-state index is 12.3. The van der Waals surface area contributed by atoms with Crippen LogP contribution in [0.25, 0.3) is 0 Å². The Morgan fingerprint density at radius 1 is 1.25 bits per heavy atom. The fraction of sp³-hybridized carbons (Fsp3) is 0.250. The minimum absolute atomic E-state index is 0.0723. The van der Waals surface area contributed by atoms with Crippen molar-refractivity contribution in [3.63, 3.8) is 0 Å². The predicted octanol–water partition coefficient (Wildman–Crippen LogP) is 2.29. The van der Waals surface area contributed by atoms with Crippen LogP contribution >= 0.6 is 0 Å². The maximum atomic E-state index is 12.3. The molecule has 2 N–H and O–H groups in total. The molecule has 0 saturated carbocycles. The topological polar surface area (TPSA) is 54.0 Å². The van der Waals surface area contributed by atoms with E-state index in [-0.39, 0.29) is 5.91 Å².